The number of ether oxygens (including phenoxy) is 2. The Bertz CT molecular complexity index is 1060. The summed E-state index contributed by atoms with van der Waals surface area (Å²) in [6, 6.07) is 16.0. The zero-order chi connectivity index (χ0) is 22.3. The SMILES string of the molecule is CCc1nccn1C(C#Cc1ccc(-c2ccc(COC3COCC3O)cc2)cc1)CO. The summed E-state index contributed by atoms with van der Waals surface area (Å²) in [5.41, 5.74) is 4.16. The number of benzene rings is 2. The number of aryl methyl sites for hydroxylation is 1. The molecule has 0 aliphatic carbocycles. The predicted molar refractivity (Wildman–Crippen MR) is 122 cm³/mol. The van der Waals surface area contributed by atoms with Crippen molar-refractivity contribution >= 4 is 0 Å². The van der Waals surface area contributed by atoms with Crippen LogP contribution in [0.4, 0.5) is 0 Å². The van der Waals surface area contributed by atoms with Crippen LogP contribution in [0.1, 0.15) is 29.9 Å². The van der Waals surface area contributed by atoms with Gasteiger partial charge in [-0.1, -0.05) is 55.2 Å². The van der Waals surface area contributed by atoms with E-state index in [-0.39, 0.29) is 18.8 Å². The van der Waals surface area contributed by atoms with E-state index in [4.69, 9.17) is 9.47 Å². The summed E-state index contributed by atoms with van der Waals surface area (Å²) in [6.45, 7) is 3.21. The highest BCUT2D eigenvalue weighted by Crippen LogP contribution is 2.21. The molecule has 3 atom stereocenters. The molecule has 1 aliphatic heterocycles. The maximum Gasteiger partial charge on any atom is 0.119 e. The van der Waals surface area contributed by atoms with E-state index in [9.17, 15) is 10.2 Å². The molecule has 0 saturated carbocycles. The Morgan fingerprint density at radius 3 is 2.47 bits per heavy atom. The topological polar surface area (TPSA) is 76.7 Å². The molecule has 6 heteroatoms. The minimum Gasteiger partial charge on any atom is -0.393 e. The van der Waals surface area contributed by atoms with Crippen molar-refractivity contribution in [2.24, 2.45) is 0 Å². The highest BCUT2D eigenvalue weighted by atomic mass is 16.6. The van der Waals surface area contributed by atoms with E-state index in [0.29, 0.717) is 19.8 Å². The summed E-state index contributed by atoms with van der Waals surface area (Å²) in [7, 11) is 0. The van der Waals surface area contributed by atoms with Crippen molar-refractivity contribution in [3.05, 3.63) is 77.9 Å². The molecule has 0 spiro atoms. The van der Waals surface area contributed by atoms with Gasteiger partial charge in [-0.25, -0.2) is 4.98 Å². The summed E-state index contributed by atoms with van der Waals surface area (Å²) in [4.78, 5) is 4.30. The quantitative estimate of drug-likeness (QED) is 0.562. The smallest absolute Gasteiger partial charge is 0.119 e. The molecule has 1 aliphatic rings. The van der Waals surface area contributed by atoms with E-state index in [0.717, 1.165) is 34.5 Å². The molecular weight excluding hydrogens is 404 g/mol. The van der Waals surface area contributed by atoms with Crippen molar-refractivity contribution in [2.75, 3.05) is 19.8 Å². The molecule has 6 nitrogen and oxygen atoms in total. The van der Waals surface area contributed by atoms with Crippen LogP contribution in [0, 0.1) is 11.8 Å². The van der Waals surface area contributed by atoms with Crippen LogP contribution in [0.3, 0.4) is 0 Å². The third kappa shape index (κ3) is 5.26. The molecule has 0 radical (unpaired) electrons. The molecular formula is C26H28N2O4. The second-order valence-electron chi connectivity index (χ2n) is 7.80. The number of imidazole rings is 1. The first-order chi connectivity index (χ1) is 15.7. The molecule has 2 heterocycles. The molecule has 0 amide bonds. The van der Waals surface area contributed by atoms with Crippen molar-refractivity contribution in [1.82, 2.24) is 9.55 Å². The molecule has 3 aromatic rings. The third-order valence-electron chi connectivity index (χ3n) is 5.59. The number of aliphatic hydroxyl groups excluding tert-OH is 2. The standard InChI is InChI=1S/C26H28N2O4/c1-2-26-27-13-14-28(26)23(15-29)12-7-19-3-8-21(9-4-19)22-10-5-20(6-11-22)16-32-25-18-31-17-24(25)30/h3-6,8-11,13-14,23-25,29-30H,2,15-18H2,1H3. The lowest BCUT2D eigenvalue weighted by Gasteiger charge is -2.13. The average molecular weight is 433 g/mol. The second-order valence-corrected chi connectivity index (χ2v) is 7.80. The third-order valence-corrected chi connectivity index (χ3v) is 5.59. The fourth-order valence-corrected chi connectivity index (χ4v) is 3.70. The second kappa shape index (κ2) is 10.6. The van der Waals surface area contributed by atoms with Gasteiger partial charge in [0.1, 0.15) is 24.1 Å². The van der Waals surface area contributed by atoms with Gasteiger partial charge in [0, 0.05) is 24.4 Å². The van der Waals surface area contributed by atoms with Crippen molar-refractivity contribution in [3.8, 4) is 23.0 Å². The lowest BCUT2D eigenvalue weighted by molar-refractivity contribution is -0.0188. The summed E-state index contributed by atoms with van der Waals surface area (Å²) >= 11 is 0. The minimum absolute atomic E-state index is 0.0583. The van der Waals surface area contributed by atoms with Crippen LogP contribution < -0.4 is 0 Å². The minimum atomic E-state index is -0.544. The molecule has 166 valence electrons. The molecule has 2 aromatic carbocycles. The number of aliphatic hydroxyl groups is 2. The van der Waals surface area contributed by atoms with E-state index < -0.39 is 6.10 Å². The lowest BCUT2D eigenvalue weighted by Crippen LogP contribution is -2.26. The van der Waals surface area contributed by atoms with Crippen LogP contribution in [0.5, 0.6) is 0 Å². The Hall–Kier alpha value is -2.95. The van der Waals surface area contributed by atoms with Gasteiger partial charge in [0.25, 0.3) is 0 Å². The first-order valence-corrected chi connectivity index (χ1v) is 10.9. The van der Waals surface area contributed by atoms with Gasteiger partial charge in [0.05, 0.1) is 26.4 Å². The van der Waals surface area contributed by atoms with Gasteiger partial charge in [-0.3, -0.25) is 0 Å². The molecule has 32 heavy (non-hydrogen) atoms. The molecule has 0 bridgehead atoms. The first kappa shape index (κ1) is 22.3. The molecule has 1 aromatic heterocycles. The number of hydrogen-bond donors (Lipinski definition) is 2. The molecule has 1 saturated heterocycles. The molecule has 1 fully saturated rings. The Labute approximate surface area is 188 Å². The van der Waals surface area contributed by atoms with E-state index in [1.54, 1.807) is 6.20 Å². The van der Waals surface area contributed by atoms with Crippen LogP contribution in [0.2, 0.25) is 0 Å². The monoisotopic (exact) mass is 432 g/mol. The van der Waals surface area contributed by atoms with Gasteiger partial charge in [-0.2, -0.15) is 0 Å². The molecule has 3 unspecified atom stereocenters. The fourth-order valence-electron chi connectivity index (χ4n) is 3.70. The zero-order valence-corrected chi connectivity index (χ0v) is 18.1. The van der Waals surface area contributed by atoms with Gasteiger partial charge in [0.15, 0.2) is 0 Å². The van der Waals surface area contributed by atoms with E-state index in [2.05, 4.69) is 29.0 Å². The molecule has 4 rings (SSSR count). The van der Waals surface area contributed by atoms with Gasteiger partial charge in [-0.05, 0) is 28.8 Å². The van der Waals surface area contributed by atoms with Crippen LogP contribution in [-0.4, -0.2) is 51.8 Å². The van der Waals surface area contributed by atoms with Gasteiger partial charge >= 0.3 is 0 Å². The number of aromatic nitrogens is 2. The predicted octanol–water partition coefficient (Wildman–Crippen LogP) is 2.97. The maximum atomic E-state index is 9.76. The maximum absolute atomic E-state index is 9.76. The van der Waals surface area contributed by atoms with Crippen LogP contribution in [0.25, 0.3) is 11.1 Å². The number of hydrogen-bond acceptors (Lipinski definition) is 5. The van der Waals surface area contributed by atoms with Crippen molar-refractivity contribution in [2.45, 2.75) is 38.2 Å². The summed E-state index contributed by atoms with van der Waals surface area (Å²) < 4.78 is 12.9. The summed E-state index contributed by atoms with van der Waals surface area (Å²) in [6.07, 6.45) is 3.59. The first-order valence-electron chi connectivity index (χ1n) is 10.9. The Balaban J connectivity index is 1.39. The van der Waals surface area contributed by atoms with E-state index in [1.165, 1.54) is 0 Å². The highest BCUT2D eigenvalue weighted by Gasteiger charge is 2.26. The van der Waals surface area contributed by atoms with Crippen LogP contribution in [0.15, 0.2) is 60.9 Å². The zero-order valence-electron chi connectivity index (χ0n) is 18.1. The van der Waals surface area contributed by atoms with Crippen molar-refractivity contribution < 1.29 is 19.7 Å². The van der Waals surface area contributed by atoms with Crippen molar-refractivity contribution in [3.63, 3.8) is 0 Å². The van der Waals surface area contributed by atoms with Crippen LogP contribution >= 0.6 is 0 Å². The Morgan fingerprint density at radius 2 is 1.84 bits per heavy atom. The normalized spacial score (nSPS) is 18.8. The number of nitrogens with zero attached hydrogens (tertiary/aromatic N) is 2. The summed E-state index contributed by atoms with van der Waals surface area (Å²) in [5, 5.41) is 19.5. The van der Waals surface area contributed by atoms with Gasteiger partial charge < -0.3 is 24.3 Å². The van der Waals surface area contributed by atoms with Gasteiger partial charge in [-0.15, -0.1) is 0 Å². The largest absolute Gasteiger partial charge is 0.393 e. The average Bonchev–Trinajstić information content (AvgIpc) is 3.47. The lowest BCUT2D eigenvalue weighted by atomic mass is 10.0. The Kier molecular flexibility index (Phi) is 7.35. The fraction of sp³-hybridized carbons (Fsp3) is 0.346. The Morgan fingerprint density at radius 1 is 1.12 bits per heavy atom. The van der Waals surface area contributed by atoms with E-state index in [1.807, 2.05) is 54.1 Å². The van der Waals surface area contributed by atoms with Gasteiger partial charge in [0.2, 0.25) is 0 Å². The van der Waals surface area contributed by atoms with E-state index >= 15 is 0 Å². The number of rotatable bonds is 7. The van der Waals surface area contributed by atoms with Crippen molar-refractivity contribution in [1.29, 1.82) is 0 Å². The summed E-state index contributed by atoms with van der Waals surface area (Å²) in [5.74, 6) is 7.23. The van der Waals surface area contributed by atoms with Crippen LogP contribution in [-0.2, 0) is 22.5 Å². The molecule has 2 N–H and O–H groups in total. The highest BCUT2D eigenvalue weighted by molar-refractivity contribution is 5.64.